The number of benzene rings is 2. The molecule has 2 atom stereocenters. The molecule has 4 N–H and O–H groups in total. The van der Waals surface area contributed by atoms with Gasteiger partial charge in [0.1, 0.15) is 11.5 Å². The van der Waals surface area contributed by atoms with Gasteiger partial charge in [-0.3, -0.25) is 4.79 Å². The topological polar surface area (TPSA) is 168 Å². The first-order valence-corrected chi connectivity index (χ1v) is 9.44. The number of carbonyl (C=O) groups is 4. The first-order valence-electron chi connectivity index (χ1n) is 9.44. The molecular weight excluding hydrogens is 436 g/mol. The van der Waals surface area contributed by atoms with Crippen molar-refractivity contribution >= 4 is 36.0 Å². The predicted octanol–water partition coefficient (Wildman–Crippen LogP) is 2.21. The van der Waals surface area contributed by atoms with Crippen LogP contribution in [-0.4, -0.2) is 56.5 Å². The van der Waals surface area contributed by atoms with Gasteiger partial charge >= 0.3 is 23.9 Å². The van der Waals surface area contributed by atoms with Gasteiger partial charge in [-0.25, -0.2) is 14.4 Å². The molecule has 0 heterocycles. The third-order valence-corrected chi connectivity index (χ3v) is 4.08. The summed E-state index contributed by atoms with van der Waals surface area (Å²) < 4.78 is 9.77. The average molecular weight is 456 g/mol. The van der Waals surface area contributed by atoms with Crippen molar-refractivity contribution in [2.45, 2.75) is 18.6 Å². The summed E-state index contributed by atoms with van der Waals surface area (Å²) in [5, 5.41) is 37.0. The Morgan fingerprint density at radius 3 is 1.55 bits per heavy atom. The summed E-state index contributed by atoms with van der Waals surface area (Å²) >= 11 is 0. The summed E-state index contributed by atoms with van der Waals surface area (Å²) in [7, 11) is 0. The van der Waals surface area contributed by atoms with E-state index in [4.69, 9.17) is 14.6 Å². The monoisotopic (exact) mass is 456 g/mol. The third kappa shape index (κ3) is 8.58. The Kier molecular flexibility index (Phi) is 8.75. The number of hydrogen-bond donors (Lipinski definition) is 4. The smallest absolute Gasteiger partial charge is 0.349 e. The standard InChI is InChI=1S/C23H20O10/c24-16-7-1-14(2-8-16)5-11-20(28)32-18(13-19(26)27)22(23(30)31)33-21(29)12-6-15-3-9-17(25)10-4-15/h1-12,18,22,24-25H,13H2,(H,26,27)(H,30,31)/t18-,22+/m0/s1. The summed E-state index contributed by atoms with van der Waals surface area (Å²) in [5.74, 6) is -5.32. The quantitative estimate of drug-likeness (QED) is 0.307. The van der Waals surface area contributed by atoms with Gasteiger partial charge in [0.15, 0.2) is 6.10 Å². The molecule has 2 aromatic carbocycles. The SMILES string of the molecule is O=C(O)C[C@H](OC(=O)C=Cc1ccc(O)cc1)[C@@H](OC(=O)C=Cc1ccc(O)cc1)C(=O)O. The van der Waals surface area contributed by atoms with E-state index < -0.39 is 42.5 Å². The van der Waals surface area contributed by atoms with Gasteiger partial charge in [0, 0.05) is 12.2 Å². The zero-order valence-corrected chi connectivity index (χ0v) is 17.0. The highest BCUT2D eigenvalue weighted by molar-refractivity contribution is 5.90. The maximum absolute atomic E-state index is 12.1. The molecule has 0 spiro atoms. The van der Waals surface area contributed by atoms with Gasteiger partial charge in [0.25, 0.3) is 0 Å². The minimum atomic E-state index is -2.08. The number of phenols is 2. The van der Waals surface area contributed by atoms with Gasteiger partial charge in [-0.2, -0.15) is 0 Å². The molecule has 10 nitrogen and oxygen atoms in total. The second-order valence-corrected chi connectivity index (χ2v) is 6.62. The van der Waals surface area contributed by atoms with Gasteiger partial charge in [-0.05, 0) is 47.5 Å². The zero-order valence-electron chi connectivity index (χ0n) is 17.0. The van der Waals surface area contributed by atoms with E-state index in [2.05, 4.69) is 0 Å². The third-order valence-electron chi connectivity index (χ3n) is 4.08. The second-order valence-electron chi connectivity index (χ2n) is 6.62. The number of phenolic OH excluding ortho intramolecular Hbond substituents is 2. The molecule has 0 radical (unpaired) electrons. The van der Waals surface area contributed by atoms with E-state index in [-0.39, 0.29) is 11.5 Å². The van der Waals surface area contributed by atoms with Gasteiger partial charge in [0.05, 0.1) is 6.42 Å². The van der Waals surface area contributed by atoms with Crippen LogP contribution >= 0.6 is 0 Å². The van der Waals surface area contributed by atoms with E-state index in [1.54, 1.807) is 0 Å². The van der Waals surface area contributed by atoms with Crippen LogP contribution in [0.1, 0.15) is 17.5 Å². The highest BCUT2D eigenvalue weighted by atomic mass is 16.6. The fraction of sp³-hybridized carbons (Fsp3) is 0.130. The molecule has 10 heteroatoms. The highest BCUT2D eigenvalue weighted by Crippen LogP contribution is 2.15. The Labute approximate surface area is 187 Å². The Morgan fingerprint density at radius 2 is 1.15 bits per heavy atom. The second kappa shape index (κ2) is 11.7. The van der Waals surface area contributed by atoms with Crippen molar-refractivity contribution < 1.29 is 49.1 Å². The average Bonchev–Trinajstić information content (AvgIpc) is 2.75. The van der Waals surface area contributed by atoms with Crippen molar-refractivity contribution in [1.29, 1.82) is 0 Å². The number of aromatic hydroxyl groups is 2. The number of esters is 2. The van der Waals surface area contributed by atoms with Crippen LogP contribution < -0.4 is 0 Å². The minimum absolute atomic E-state index is 0.0125. The number of ether oxygens (including phenoxy) is 2. The molecule has 2 rings (SSSR count). The molecule has 0 aliphatic rings. The molecule has 172 valence electrons. The van der Waals surface area contributed by atoms with Crippen molar-refractivity contribution in [2.24, 2.45) is 0 Å². The first-order chi connectivity index (χ1) is 15.6. The lowest BCUT2D eigenvalue weighted by Gasteiger charge is -2.21. The van der Waals surface area contributed by atoms with Crippen LogP contribution in [0.25, 0.3) is 12.2 Å². The van der Waals surface area contributed by atoms with Gasteiger partial charge in [-0.15, -0.1) is 0 Å². The number of carboxylic acids is 2. The largest absolute Gasteiger partial charge is 0.508 e. The normalized spacial score (nSPS) is 12.8. The van der Waals surface area contributed by atoms with Crippen LogP contribution in [0.5, 0.6) is 11.5 Å². The van der Waals surface area contributed by atoms with E-state index in [1.165, 1.54) is 60.7 Å². The maximum atomic E-state index is 12.1. The number of carboxylic acid groups (broad SMARTS) is 2. The van der Waals surface area contributed by atoms with E-state index >= 15 is 0 Å². The number of carbonyl (C=O) groups excluding carboxylic acids is 2. The minimum Gasteiger partial charge on any atom is -0.508 e. The van der Waals surface area contributed by atoms with Gasteiger partial charge < -0.3 is 29.9 Å². The Bertz CT molecular complexity index is 1050. The molecule has 0 aliphatic heterocycles. The van der Waals surface area contributed by atoms with E-state index in [0.717, 1.165) is 12.2 Å². The molecule has 0 aromatic heterocycles. The van der Waals surface area contributed by atoms with Crippen molar-refractivity contribution in [3.8, 4) is 11.5 Å². The molecular formula is C23H20O10. The lowest BCUT2D eigenvalue weighted by molar-refractivity contribution is -0.177. The van der Waals surface area contributed by atoms with Crippen molar-refractivity contribution in [2.75, 3.05) is 0 Å². The van der Waals surface area contributed by atoms with Crippen LogP contribution in [0.15, 0.2) is 60.7 Å². The van der Waals surface area contributed by atoms with E-state index in [0.29, 0.717) is 11.1 Å². The molecule has 0 unspecified atom stereocenters. The van der Waals surface area contributed by atoms with Gasteiger partial charge in [-0.1, -0.05) is 24.3 Å². The summed E-state index contributed by atoms with van der Waals surface area (Å²) in [5.41, 5.74) is 1.02. The molecule has 0 saturated carbocycles. The lowest BCUT2D eigenvalue weighted by Crippen LogP contribution is -2.42. The molecule has 0 amide bonds. The van der Waals surface area contributed by atoms with Crippen LogP contribution in [0.2, 0.25) is 0 Å². The predicted molar refractivity (Wildman–Crippen MR) is 114 cm³/mol. The summed E-state index contributed by atoms with van der Waals surface area (Å²) in [6.45, 7) is 0. The molecule has 2 aromatic rings. The number of rotatable bonds is 10. The highest BCUT2D eigenvalue weighted by Gasteiger charge is 2.36. The van der Waals surface area contributed by atoms with Crippen LogP contribution in [-0.2, 0) is 28.7 Å². The number of aliphatic carboxylic acids is 2. The lowest BCUT2D eigenvalue weighted by atomic mass is 10.1. The fourth-order valence-electron chi connectivity index (χ4n) is 2.52. The van der Waals surface area contributed by atoms with Crippen LogP contribution in [0.3, 0.4) is 0 Å². The Hall–Kier alpha value is -4.60. The Balaban J connectivity index is 2.10. The van der Waals surface area contributed by atoms with E-state index in [1.807, 2.05) is 0 Å². The van der Waals surface area contributed by atoms with Gasteiger partial charge in [0.2, 0.25) is 6.10 Å². The Morgan fingerprint density at radius 1 is 0.727 bits per heavy atom. The van der Waals surface area contributed by atoms with Crippen molar-refractivity contribution in [3.05, 3.63) is 71.8 Å². The first kappa shape index (κ1) is 24.7. The number of hydrogen-bond acceptors (Lipinski definition) is 8. The molecule has 0 bridgehead atoms. The van der Waals surface area contributed by atoms with Crippen molar-refractivity contribution in [3.63, 3.8) is 0 Å². The van der Waals surface area contributed by atoms with Crippen LogP contribution in [0.4, 0.5) is 0 Å². The molecule has 0 fully saturated rings. The molecule has 0 saturated heterocycles. The van der Waals surface area contributed by atoms with E-state index in [9.17, 15) is 34.5 Å². The summed E-state index contributed by atoms with van der Waals surface area (Å²) in [4.78, 5) is 46.9. The molecule has 0 aliphatic carbocycles. The summed E-state index contributed by atoms with van der Waals surface area (Å²) in [6, 6.07) is 11.5. The fourth-order valence-corrected chi connectivity index (χ4v) is 2.52. The molecule has 33 heavy (non-hydrogen) atoms. The van der Waals surface area contributed by atoms with Crippen molar-refractivity contribution in [1.82, 2.24) is 0 Å². The zero-order chi connectivity index (χ0) is 24.4. The van der Waals surface area contributed by atoms with Crippen LogP contribution in [0, 0.1) is 0 Å². The summed E-state index contributed by atoms with van der Waals surface area (Å²) in [6.07, 6.45) is -0.363. The maximum Gasteiger partial charge on any atom is 0.349 e.